The normalized spacial score (nSPS) is 11.6. The minimum atomic E-state index is -4.40. The number of rotatable bonds is 3. The molecule has 2 heterocycles. The number of anilines is 1. The Kier molecular flexibility index (Phi) is 3.70. The summed E-state index contributed by atoms with van der Waals surface area (Å²) in [4.78, 5) is 13.4. The second-order valence-electron chi connectivity index (χ2n) is 4.04. The summed E-state index contributed by atoms with van der Waals surface area (Å²) in [6.45, 7) is 2.10. The molecule has 8 heteroatoms. The maximum absolute atomic E-state index is 12.4. The van der Waals surface area contributed by atoms with Gasteiger partial charge in [0.1, 0.15) is 5.01 Å². The van der Waals surface area contributed by atoms with E-state index in [2.05, 4.69) is 15.0 Å². The molecule has 0 N–H and O–H groups in total. The van der Waals surface area contributed by atoms with Crippen LogP contribution in [0, 0.1) is 6.92 Å². The lowest BCUT2D eigenvalue weighted by molar-refractivity contribution is -0.140. The number of aryl methyl sites for hydroxylation is 1. The molecule has 0 saturated carbocycles. The monoisotopic (exact) mass is 288 g/mol. The van der Waals surface area contributed by atoms with Crippen molar-refractivity contribution in [1.29, 1.82) is 0 Å². The van der Waals surface area contributed by atoms with Gasteiger partial charge in [0.05, 0.1) is 6.54 Å². The molecule has 4 nitrogen and oxygen atoms in total. The van der Waals surface area contributed by atoms with E-state index in [4.69, 9.17) is 0 Å². The van der Waals surface area contributed by atoms with E-state index in [1.165, 1.54) is 0 Å². The summed E-state index contributed by atoms with van der Waals surface area (Å²) in [6.07, 6.45) is -1.09. The number of aromatic nitrogens is 3. The average molecular weight is 288 g/mol. The van der Waals surface area contributed by atoms with Crippen molar-refractivity contribution in [3.05, 3.63) is 34.0 Å². The topological polar surface area (TPSA) is 41.9 Å². The van der Waals surface area contributed by atoms with E-state index >= 15 is 0 Å². The molecular weight excluding hydrogens is 277 g/mol. The molecule has 2 rings (SSSR count). The van der Waals surface area contributed by atoms with Crippen LogP contribution in [0.2, 0.25) is 0 Å². The SMILES string of the molecule is Cc1cnc(N(C)Cc2nc(C(F)(F)F)cs2)nc1. The van der Waals surface area contributed by atoms with Crippen molar-refractivity contribution in [2.24, 2.45) is 0 Å². The Balaban J connectivity index is 2.08. The first kappa shape index (κ1) is 13.7. The van der Waals surface area contributed by atoms with Gasteiger partial charge in [0, 0.05) is 24.8 Å². The summed E-state index contributed by atoms with van der Waals surface area (Å²) in [6, 6.07) is 0. The highest BCUT2D eigenvalue weighted by Gasteiger charge is 2.33. The molecule has 0 unspecified atom stereocenters. The fourth-order valence-corrected chi connectivity index (χ4v) is 2.22. The molecule has 0 fully saturated rings. The Bertz CT molecular complexity index is 550. The van der Waals surface area contributed by atoms with Crippen LogP contribution in [0.5, 0.6) is 0 Å². The molecule has 0 amide bonds. The number of nitrogens with zero attached hydrogens (tertiary/aromatic N) is 4. The molecule has 0 atom stereocenters. The van der Waals surface area contributed by atoms with Gasteiger partial charge in [-0.3, -0.25) is 0 Å². The van der Waals surface area contributed by atoms with Crippen molar-refractivity contribution in [1.82, 2.24) is 15.0 Å². The molecule has 0 aliphatic carbocycles. The van der Waals surface area contributed by atoms with Crippen LogP contribution >= 0.6 is 11.3 Å². The fourth-order valence-electron chi connectivity index (χ4n) is 1.37. The first-order chi connectivity index (χ1) is 8.86. The quantitative estimate of drug-likeness (QED) is 0.871. The third-order valence-corrected chi connectivity index (χ3v) is 3.16. The second-order valence-corrected chi connectivity index (χ2v) is 4.98. The molecule has 102 valence electrons. The predicted molar refractivity (Wildman–Crippen MR) is 66.0 cm³/mol. The summed E-state index contributed by atoms with van der Waals surface area (Å²) < 4.78 is 37.2. The third kappa shape index (κ3) is 3.40. The summed E-state index contributed by atoms with van der Waals surface area (Å²) in [5.41, 5.74) is 0.0662. The van der Waals surface area contributed by atoms with E-state index in [9.17, 15) is 13.2 Å². The van der Waals surface area contributed by atoms with Crippen molar-refractivity contribution in [2.75, 3.05) is 11.9 Å². The Morgan fingerprint density at radius 2 is 1.89 bits per heavy atom. The largest absolute Gasteiger partial charge is 0.434 e. The van der Waals surface area contributed by atoms with Crippen LogP contribution in [0.1, 0.15) is 16.3 Å². The van der Waals surface area contributed by atoms with E-state index in [1.807, 2.05) is 6.92 Å². The summed E-state index contributed by atoms with van der Waals surface area (Å²) >= 11 is 0.974. The second kappa shape index (κ2) is 5.12. The fraction of sp³-hybridized carbons (Fsp3) is 0.364. The first-order valence-electron chi connectivity index (χ1n) is 5.37. The lowest BCUT2D eigenvalue weighted by Gasteiger charge is -2.14. The van der Waals surface area contributed by atoms with Crippen molar-refractivity contribution in [3.8, 4) is 0 Å². The van der Waals surface area contributed by atoms with Crippen LogP contribution in [-0.2, 0) is 12.7 Å². The maximum atomic E-state index is 12.4. The van der Waals surface area contributed by atoms with Crippen molar-refractivity contribution in [2.45, 2.75) is 19.6 Å². The number of alkyl halides is 3. The number of thiazole rings is 1. The molecular formula is C11H11F3N4S. The highest BCUT2D eigenvalue weighted by atomic mass is 32.1. The van der Waals surface area contributed by atoms with Gasteiger partial charge in [-0.05, 0) is 12.5 Å². The smallest absolute Gasteiger partial charge is 0.337 e. The number of hydrogen-bond acceptors (Lipinski definition) is 5. The maximum Gasteiger partial charge on any atom is 0.434 e. The molecule has 0 radical (unpaired) electrons. The molecule has 0 aliphatic rings. The Hall–Kier alpha value is -1.70. The Labute approximate surface area is 112 Å². The highest BCUT2D eigenvalue weighted by molar-refractivity contribution is 7.09. The summed E-state index contributed by atoms with van der Waals surface area (Å²) in [5, 5.41) is 1.39. The van der Waals surface area contributed by atoms with Crippen LogP contribution in [-0.4, -0.2) is 22.0 Å². The van der Waals surface area contributed by atoms with Gasteiger partial charge in [0.2, 0.25) is 5.95 Å². The Morgan fingerprint density at radius 1 is 1.26 bits per heavy atom. The molecule has 2 aromatic rings. The van der Waals surface area contributed by atoms with Gasteiger partial charge >= 0.3 is 6.18 Å². The molecule has 0 spiro atoms. The van der Waals surface area contributed by atoms with Gasteiger partial charge in [0.15, 0.2) is 5.69 Å². The van der Waals surface area contributed by atoms with Crippen LogP contribution in [0.25, 0.3) is 0 Å². The van der Waals surface area contributed by atoms with Gasteiger partial charge in [-0.15, -0.1) is 11.3 Å². The number of halogens is 3. The van der Waals surface area contributed by atoms with Gasteiger partial charge in [-0.25, -0.2) is 15.0 Å². The first-order valence-corrected chi connectivity index (χ1v) is 6.25. The van der Waals surface area contributed by atoms with Crippen molar-refractivity contribution < 1.29 is 13.2 Å². The molecule has 0 saturated heterocycles. The minimum absolute atomic E-state index is 0.240. The van der Waals surface area contributed by atoms with E-state index < -0.39 is 11.9 Å². The van der Waals surface area contributed by atoms with Crippen LogP contribution < -0.4 is 4.90 Å². The lowest BCUT2D eigenvalue weighted by Crippen LogP contribution is -2.19. The van der Waals surface area contributed by atoms with E-state index in [-0.39, 0.29) is 6.54 Å². The lowest BCUT2D eigenvalue weighted by atomic mass is 10.4. The van der Waals surface area contributed by atoms with Crippen LogP contribution in [0.4, 0.5) is 19.1 Å². The minimum Gasteiger partial charge on any atom is -0.337 e. The molecule has 0 aromatic carbocycles. The van der Waals surface area contributed by atoms with E-state index in [0.717, 1.165) is 22.3 Å². The molecule has 0 aliphatic heterocycles. The molecule has 2 aromatic heterocycles. The zero-order valence-corrected chi connectivity index (χ0v) is 11.1. The van der Waals surface area contributed by atoms with Crippen molar-refractivity contribution in [3.63, 3.8) is 0 Å². The summed E-state index contributed by atoms with van der Waals surface area (Å²) in [7, 11) is 1.71. The van der Waals surface area contributed by atoms with E-state index in [1.54, 1.807) is 24.3 Å². The van der Waals surface area contributed by atoms with Crippen molar-refractivity contribution >= 4 is 17.3 Å². The van der Waals surface area contributed by atoms with Gasteiger partial charge < -0.3 is 4.90 Å². The number of hydrogen-bond donors (Lipinski definition) is 0. The molecule has 19 heavy (non-hydrogen) atoms. The highest BCUT2D eigenvalue weighted by Crippen LogP contribution is 2.30. The van der Waals surface area contributed by atoms with Gasteiger partial charge in [0.25, 0.3) is 0 Å². The van der Waals surface area contributed by atoms with E-state index in [0.29, 0.717) is 11.0 Å². The van der Waals surface area contributed by atoms with Gasteiger partial charge in [-0.1, -0.05) is 0 Å². The predicted octanol–water partition coefficient (Wildman–Crippen LogP) is 2.90. The Morgan fingerprint density at radius 3 is 2.42 bits per heavy atom. The zero-order valence-electron chi connectivity index (χ0n) is 10.3. The standard InChI is InChI=1S/C11H11F3N4S/c1-7-3-15-10(16-4-7)18(2)5-9-17-8(6-19-9)11(12,13)14/h3-4,6H,5H2,1-2H3. The van der Waals surface area contributed by atoms with Crippen LogP contribution in [0.15, 0.2) is 17.8 Å². The average Bonchev–Trinajstić information content (AvgIpc) is 2.78. The summed E-state index contributed by atoms with van der Waals surface area (Å²) in [5.74, 6) is 0.453. The van der Waals surface area contributed by atoms with Crippen LogP contribution in [0.3, 0.4) is 0 Å². The molecule has 0 bridgehead atoms. The zero-order chi connectivity index (χ0) is 14.0. The van der Waals surface area contributed by atoms with Gasteiger partial charge in [-0.2, -0.15) is 13.2 Å². The third-order valence-electron chi connectivity index (χ3n) is 2.32.